The van der Waals surface area contributed by atoms with Crippen LogP contribution >= 0.6 is 0 Å². The van der Waals surface area contributed by atoms with Crippen molar-refractivity contribution in [2.75, 3.05) is 4.90 Å². The molecule has 0 amide bonds. The van der Waals surface area contributed by atoms with Gasteiger partial charge in [0.15, 0.2) is 0 Å². The Balaban J connectivity index is 0.972. The molecule has 16 rings (SSSR count). The Kier molecular flexibility index (Phi) is 8.66. The normalized spacial score (nSPS) is 14.3. The molecular weight excluding hydrogens is 899 g/mol. The first-order valence-electron chi connectivity index (χ1n) is 25.5. The van der Waals surface area contributed by atoms with E-state index >= 15 is 0 Å². The second kappa shape index (κ2) is 15.6. The first-order chi connectivity index (χ1) is 36.7. The van der Waals surface area contributed by atoms with Crippen molar-refractivity contribution < 1.29 is 8.83 Å². The van der Waals surface area contributed by atoms with Crippen molar-refractivity contribution in [1.82, 2.24) is 0 Å². The summed E-state index contributed by atoms with van der Waals surface area (Å²) in [5, 5.41) is 6.88. The summed E-state index contributed by atoms with van der Waals surface area (Å²) in [7, 11) is 0. The van der Waals surface area contributed by atoms with Crippen LogP contribution in [0.4, 0.5) is 17.1 Å². The summed E-state index contributed by atoms with van der Waals surface area (Å²) < 4.78 is 13.2. The van der Waals surface area contributed by atoms with E-state index in [1.54, 1.807) is 0 Å². The van der Waals surface area contributed by atoms with Crippen LogP contribution in [0.5, 0.6) is 0 Å². The summed E-state index contributed by atoms with van der Waals surface area (Å²) in [6, 6.07) is 95.5. The maximum absolute atomic E-state index is 6.60. The van der Waals surface area contributed by atoms with E-state index in [4.69, 9.17) is 8.83 Å². The average Bonchev–Trinajstić information content (AvgIpc) is 4.24. The molecule has 2 aromatic heterocycles. The average molecular weight is 942 g/mol. The van der Waals surface area contributed by atoms with Gasteiger partial charge < -0.3 is 13.7 Å². The zero-order valence-corrected chi connectivity index (χ0v) is 40.1. The first kappa shape index (κ1) is 41.0. The van der Waals surface area contributed by atoms with Crippen molar-refractivity contribution in [3.8, 4) is 55.6 Å². The minimum Gasteiger partial charge on any atom is -0.456 e. The molecule has 1 atom stereocenters. The molecule has 3 heteroatoms. The summed E-state index contributed by atoms with van der Waals surface area (Å²) in [5.74, 6) is 0. The summed E-state index contributed by atoms with van der Waals surface area (Å²) in [5.41, 5.74) is 23.2. The monoisotopic (exact) mass is 941 g/mol. The van der Waals surface area contributed by atoms with Gasteiger partial charge in [-0.3, -0.25) is 0 Å². The van der Waals surface area contributed by atoms with Crippen LogP contribution in [0.2, 0.25) is 0 Å². The second-order valence-corrected chi connectivity index (χ2v) is 19.9. The Morgan fingerprint density at radius 2 is 0.851 bits per heavy atom. The van der Waals surface area contributed by atoms with Gasteiger partial charge in [-0.15, -0.1) is 0 Å². The van der Waals surface area contributed by atoms with Crippen LogP contribution in [0.3, 0.4) is 0 Å². The Morgan fingerprint density at radius 1 is 0.284 bits per heavy atom. The number of furan rings is 2. The summed E-state index contributed by atoms with van der Waals surface area (Å²) in [6.07, 6.45) is 0. The summed E-state index contributed by atoms with van der Waals surface area (Å²) in [6.45, 7) is 0. The highest BCUT2D eigenvalue weighted by atomic mass is 16.3. The number of para-hydroxylation sites is 2. The molecule has 0 radical (unpaired) electrons. The zero-order chi connectivity index (χ0) is 48.5. The van der Waals surface area contributed by atoms with E-state index in [1.165, 1.54) is 71.8 Å². The maximum atomic E-state index is 6.60. The molecule has 2 aliphatic carbocycles. The van der Waals surface area contributed by atoms with Crippen molar-refractivity contribution in [3.05, 3.63) is 283 Å². The summed E-state index contributed by atoms with van der Waals surface area (Å²) >= 11 is 0. The van der Waals surface area contributed by atoms with Gasteiger partial charge in [0.25, 0.3) is 0 Å². The van der Waals surface area contributed by atoms with E-state index in [0.29, 0.717) is 0 Å². The lowest BCUT2D eigenvalue weighted by molar-refractivity contribution is 0.668. The molecule has 3 nitrogen and oxygen atoms in total. The Labute approximate surface area is 427 Å². The highest BCUT2D eigenvalue weighted by Crippen LogP contribution is 2.64. The first-order valence-corrected chi connectivity index (χ1v) is 25.5. The fraction of sp³-hybridized carbons (Fsp3) is 0.0141. The standard InChI is InChI=1S/C71H43NO2/c1-2-16-44(17-3-1)45-32-35-50(36-33-45)72(63-28-15-31-66-69(63)57-23-8-12-29-64(57)73-66)51-41-48(40-49(42-51)53-25-14-19-46-18-4-5-20-52(46)53)47-34-37-55-54-21-6-10-26-59(54)71(62(55)43-47)60-27-11-7-22-56(60)68-61(71)38-39-67-70(68)58-24-9-13-30-65(58)74-67/h1-43H. The van der Waals surface area contributed by atoms with Gasteiger partial charge in [-0.1, -0.05) is 194 Å². The summed E-state index contributed by atoms with van der Waals surface area (Å²) in [4.78, 5) is 2.44. The van der Waals surface area contributed by atoms with Crippen molar-refractivity contribution in [2.45, 2.75) is 5.41 Å². The van der Waals surface area contributed by atoms with Crippen molar-refractivity contribution in [3.63, 3.8) is 0 Å². The van der Waals surface area contributed by atoms with Gasteiger partial charge in [0.2, 0.25) is 0 Å². The lowest BCUT2D eigenvalue weighted by Gasteiger charge is -2.31. The van der Waals surface area contributed by atoms with Crippen molar-refractivity contribution >= 4 is 71.7 Å². The van der Waals surface area contributed by atoms with E-state index in [1.807, 2.05) is 6.07 Å². The molecular formula is C71H43NO2. The predicted octanol–water partition coefficient (Wildman–Crippen LogP) is 19.5. The number of benzene rings is 12. The van der Waals surface area contributed by atoms with Gasteiger partial charge in [-0.25, -0.2) is 0 Å². The zero-order valence-electron chi connectivity index (χ0n) is 40.1. The third kappa shape index (κ3) is 5.78. The topological polar surface area (TPSA) is 29.5 Å². The van der Waals surface area contributed by atoms with E-state index in [-0.39, 0.29) is 0 Å². The molecule has 2 heterocycles. The minimum absolute atomic E-state index is 0.568. The van der Waals surface area contributed by atoms with Crippen LogP contribution in [-0.4, -0.2) is 0 Å². The molecule has 0 saturated heterocycles. The number of anilines is 3. The highest BCUT2D eigenvalue weighted by Gasteiger charge is 2.52. The second-order valence-electron chi connectivity index (χ2n) is 19.9. The minimum atomic E-state index is -0.568. The van der Waals surface area contributed by atoms with Gasteiger partial charge in [-0.05, 0) is 155 Å². The largest absolute Gasteiger partial charge is 0.456 e. The Hall–Kier alpha value is -9.70. The van der Waals surface area contributed by atoms with Crippen LogP contribution in [0.25, 0.3) is 110 Å². The number of rotatable bonds is 6. The number of nitrogens with zero attached hydrogens (tertiary/aromatic N) is 1. The molecule has 0 N–H and O–H groups in total. The fourth-order valence-corrected chi connectivity index (χ4v) is 13.0. The van der Waals surface area contributed by atoms with Crippen LogP contribution in [0.1, 0.15) is 22.3 Å². The number of hydrogen-bond donors (Lipinski definition) is 0. The van der Waals surface area contributed by atoms with Gasteiger partial charge in [0, 0.05) is 27.5 Å². The molecule has 12 aromatic carbocycles. The third-order valence-corrected chi connectivity index (χ3v) is 16.1. The van der Waals surface area contributed by atoms with E-state index < -0.39 is 5.41 Å². The molecule has 74 heavy (non-hydrogen) atoms. The van der Waals surface area contributed by atoms with E-state index in [9.17, 15) is 0 Å². The molecule has 0 bridgehead atoms. The number of hydrogen-bond acceptors (Lipinski definition) is 3. The SMILES string of the molecule is c1ccc(-c2ccc(N(c3cc(-c4ccc5c(c4)C4(c6ccccc6-5)c5ccccc5-c5c4ccc4oc6ccccc6c54)cc(-c4cccc5ccccc45)c3)c3cccc4oc5ccccc5c34)cc2)cc1. The maximum Gasteiger partial charge on any atom is 0.137 e. The molecule has 2 aliphatic rings. The van der Waals surface area contributed by atoms with E-state index in [0.717, 1.165) is 77.8 Å². The van der Waals surface area contributed by atoms with Gasteiger partial charge in [0.05, 0.1) is 16.5 Å². The smallest absolute Gasteiger partial charge is 0.137 e. The third-order valence-electron chi connectivity index (χ3n) is 16.1. The predicted molar refractivity (Wildman–Crippen MR) is 306 cm³/mol. The highest BCUT2D eigenvalue weighted by molar-refractivity contribution is 6.17. The molecule has 0 fully saturated rings. The Bertz CT molecular complexity index is 4610. The van der Waals surface area contributed by atoms with Gasteiger partial charge in [0.1, 0.15) is 22.3 Å². The quantitative estimate of drug-likeness (QED) is 0.166. The Morgan fingerprint density at radius 3 is 1.66 bits per heavy atom. The van der Waals surface area contributed by atoms with Crippen molar-refractivity contribution in [2.24, 2.45) is 0 Å². The fourth-order valence-electron chi connectivity index (χ4n) is 13.0. The van der Waals surface area contributed by atoms with Crippen LogP contribution in [0.15, 0.2) is 270 Å². The van der Waals surface area contributed by atoms with Crippen molar-refractivity contribution in [1.29, 1.82) is 0 Å². The molecule has 344 valence electrons. The molecule has 1 spiro atoms. The van der Waals surface area contributed by atoms with Crippen LogP contribution in [-0.2, 0) is 5.41 Å². The lowest BCUT2D eigenvalue weighted by Crippen LogP contribution is -2.25. The molecule has 14 aromatic rings. The lowest BCUT2D eigenvalue weighted by atomic mass is 9.70. The molecule has 1 unspecified atom stereocenters. The van der Waals surface area contributed by atoms with Gasteiger partial charge >= 0.3 is 0 Å². The van der Waals surface area contributed by atoms with E-state index in [2.05, 4.69) is 260 Å². The molecule has 0 saturated carbocycles. The molecule has 0 aliphatic heterocycles. The van der Waals surface area contributed by atoms with Crippen LogP contribution in [0, 0.1) is 0 Å². The van der Waals surface area contributed by atoms with Gasteiger partial charge in [-0.2, -0.15) is 0 Å². The number of fused-ring (bicyclic) bond motifs is 18. The van der Waals surface area contributed by atoms with Crippen LogP contribution < -0.4 is 4.90 Å².